The zero-order chi connectivity index (χ0) is 16.4. The molecule has 1 N–H and O–H groups in total. The Labute approximate surface area is 139 Å². The molecule has 0 aliphatic rings. The first-order valence-corrected chi connectivity index (χ1v) is 7.10. The Morgan fingerprint density at radius 3 is 2.70 bits per heavy atom. The maximum absolute atomic E-state index is 13.6. The van der Waals surface area contributed by atoms with Gasteiger partial charge in [-0.05, 0) is 16.8 Å². The van der Waals surface area contributed by atoms with Gasteiger partial charge in [0.1, 0.15) is 28.2 Å². The molecule has 0 bridgehead atoms. The number of H-pyrrole nitrogens is 1. The molecule has 0 radical (unpaired) electrons. The molecule has 5 nitrogen and oxygen atoms in total. The number of aromatic nitrogens is 4. The Kier molecular flexibility index (Phi) is 4.40. The van der Waals surface area contributed by atoms with Crippen LogP contribution in [0.4, 0.5) is 8.78 Å². The van der Waals surface area contributed by atoms with Crippen LogP contribution in [0.3, 0.4) is 0 Å². The maximum atomic E-state index is 13.6. The second-order valence-electron chi connectivity index (χ2n) is 4.52. The highest BCUT2D eigenvalue weighted by Crippen LogP contribution is 2.34. The molecule has 23 heavy (non-hydrogen) atoms. The van der Waals surface area contributed by atoms with Gasteiger partial charge in [-0.25, -0.2) is 8.78 Å². The Hall–Kier alpha value is -2.25. The van der Waals surface area contributed by atoms with Crippen molar-refractivity contribution in [2.75, 3.05) is 0 Å². The minimum absolute atomic E-state index is 0.0475. The van der Waals surface area contributed by atoms with E-state index in [1.54, 1.807) is 24.3 Å². The van der Waals surface area contributed by atoms with Crippen molar-refractivity contribution in [3.05, 3.63) is 57.6 Å². The SMILES string of the molecule is Fc1cc(OCc2cccc(-c3nn[nH]n3)c2)c(Cl)c(F)c1Cl. The molecule has 0 amide bonds. The molecule has 0 saturated heterocycles. The summed E-state index contributed by atoms with van der Waals surface area (Å²) in [6, 6.07) is 8.05. The first-order valence-electron chi connectivity index (χ1n) is 6.35. The van der Waals surface area contributed by atoms with E-state index in [0.717, 1.165) is 17.2 Å². The molecular formula is C14H8Cl2F2N4O. The highest BCUT2D eigenvalue weighted by atomic mass is 35.5. The fourth-order valence-corrected chi connectivity index (χ4v) is 2.30. The number of halogens is 4. The lowest BCUT2D eigenvalue weighted by Gasteiger charge is -2.10. The molecule has 0 saturated carbocycles. The number of nitrogens with zero attached hydrogens (tertiary/aromatic N) is 3. The Bertz CT molecular complexity index is 843. The first kappa shape index (κ1) is 15.6. The van der Waals surface area contributed by atoms with Gasteiger partial charge in [0, 0.05) is 11.6 Å². The van der Waals surface area contributed by atoms with Crippen molar-refractivity contribution >= 4 is 23.2 Å². The van der Waals surface area contributed by atoms with Crippen molar-refractivity contribution in [2.45, 2.75) is 6.61 Å². The van der Waals surface area contributed by atoms with Gasteiger partial charge >= 0.3 is 0 Å². The molecule has 3 aromatic rings. The summed E-state index contributed by atoms with van der Waals surface area (Å²) in [6.45, 7) is 0.0475. The molecule has 3 rings (SSSR count). The third kappa shape index (κ3) is 3.25. The van der Waals surface area contributed by atoms with Gasteiger partial charge < -0.3 is 4.74 Å². The van der Waals surface area contributed by atoms with E-state index < -0.39 is 16.7 Å². The van der Waals surface area contributed by atoms with E-state index in [1.807, 2.05) is 0 Å². The monoisotopic (exact) mass is 356 g/mol. The maximum Gasteiger partial charge on any atom is 0.204 e. The zero-order valence-corrected chi connectivity index (χ0v) is 12.9. The summed E-state index contributed by atoms with van der Waals surface area (Å²) in [7, 11) is 0. The van der Waals surface area contributed by atoms with Crippen LogP contribution >= 0.6 is 23.2 Å². The molecule has 0 atom stereocenters. The lowest BCUT2D eigenvalue weighted by molar-refractivity contribution is 0.303. The van der Waals surface area contributed by atoms with Crippen molar-refractivity contribution in [1.29, 1.82) is 0 Å². The third-order valence-corrected chi connectivity index (χ3v) is 3.69. The number of nitrogens with one attached hydrogen (secondary N) is 1. The number of ether oxygens (including phenoxy) is 1. The third-order valence-electron chi connectivity index (χ3n) is 2.99. The average Bonchev–Trinajstić information content (AvgIpc) is 3.10. The van der Waals surface area contributed by atoms with Crippen LogP contribution in [0.15, 0.2) is 30.3 Å². The normalized spacial score (nSPS) is 10.8. The minimum atomic E-state index is -1.05. The summed E-state index contributed by atoms with van der Waals surface area (Å²) < 4.78 is 32.5. The van der Waals surface area contributed by atoms with Crippen LogP contribution in [-0.2, 0) is 6.61 Å². The number of benzene rings is 2. The molecule has 0 aliphatic heterocycles. The smallest absolute Gasteiger partial charge is 0.204 e. The molecule has 0 spiro atoms. The van der Waals surface area contributed by atoms with Gasteiger partial charge in [-0.15, -0.1) is 10.2 Å². The Morgan fingerprint density at radius 1 is 1.13 bits per heavy atom. The van der Waals surface area contributed by atoms with E-state index in [9.17, 15) is 8.78 Å². The highest BCUT2D eigenvalue weighted by molar-refractivity contribution is 6.35. The molecule has 0 unspecified atom stereocenters. The Balaban J connectivity index is 1.81. The van der Waals surface area contributed by atoms with Crippen molar-refractivity contribution in [1.82, 2.24) is 20.6 Å². The van der Waals surface area contributed by atoms with Crippen molar-refractivity contribution in [3.63, 3.8) is 0 Å². The Morgan fingerprint density at radius 2 is 1.96 bits per heavy atom. The van der Waals surface area contributed by atoms with Gasteiger partial charge in [0.25, 0.3) is 0 Å². The summed E-state index contributed by atoms with van der Waals surface area (Å²) >= 11 is 11.2. The average molecular weight is 357 g/mol. The summed E-state index contributed by atoms with van der Waals surface area (Å²) in [5.74, 6) is -1.70. The van der Waals surface area contributed by atoms with E-state index in [1.165, 1.54) is 0 Å². The lowest BCUT2D eigenvalue weighted by atomic mass is 10.1. The molecule has 2 aromatic carbocycles. The van der Waals surface area contributed by atoms with Crippen LogP contribution in [0, 0.1) is 11.6 Å². The van der Waals surface area contributed by atoms with Crippen molar-refractivity contribution in [2.24, 2.45) is 0 Å². The van der Waals surface area contributed by atoms with Gasteiger partial charge in [-0.2, -0.15) is 5.21 Å². The van der Waals surface area contributed by atoms with Crippen LogP contribution in [0.5, 0.6) is 5.75 Å². The summed E-state index contributed by atoms with van der Waals surface area (Å²) in [4.78, 5) is 0. The molecule has 0 fully saturated rings. The number of tetrazole rings is 1. The quantitative estimate of drug-likeness (QED) is 0.566. The summed E-state index contributed by atoms with van der Waals surface area (Å²) in [5, 5.41) is 12.5. The predicted octanol–water partition coefficient (Wildman–Crippen LogP) is 4.03. The fraction of sp³-hybridized carbons (Fsp3) is 0.0714. The van der Waals surface area contributed by atoms with Crippen LogP contribution in [0.25, 0.3) is 11.4 Å². The van der Waals surface area contributed by atoms with Crippen molar-refractivity contribution in [3.8, 4) is 17.1 Å². The highest BCUT2D eigenvalue weighted by Gasteiger charge is 2.17. The number of hydrogen-bond acceptors (Lipinski definition) is 4. The molecule has 1 aromatic heterocycles. The minimum Gasteiger partial charge on any atom is -0.487 e. The molecule has 9 heteroatoms. The fourth-order valence-electron chi connectivity index (χ4n) is 1.90. The lowest BCUT2D eigenvalue weighted by Crippen LogP contribution is -1.99. The van der Waals surface area contributed by atoms with Gasteiger partial charge in [0.05, 0.1) is 0 Å². The van der Waals surface area contributed by atoms with E-state index in [4.69, 9.17) is 27.9 Å². The van der Waals surface area contributed by atoms with Crippen LogP contribution in [0.2, 0.25) is 10.0 Å². The van der Waals surface area contributed by atoms with Gasteiger partial charge in [0.2, 0.25) is 5.82 Å². The number of aromatic amines is 1. The summed E-state index contributed by atoms with van der Waals surface area (Å²) in [6.07, 6.45) is 0. The number of hydrogen-bond donors (Lipinski definition) is 1. The van der Waals surface area contributed by atoms with E-state index in [2.05, 4.69) is 20.6 Å². The van der Waals surface area contributed by atoms with Crippen LogP contribution in [-0.4, -0.2) is 20.6 Å². The van der Waals surface area contributed by atoms with Gasteiger partial charge in [-0.3, -0.25) is 0 Å². The predicted molar refractivity (Wildman–Crippen MR) is 80.3 cm³/mol. The molecule has 0 aliphatic carbocycles. The number of rotatable bonds is 4. The van der Waals surface area contributed by atoms with E-state index >= 15 is 0 Å². The van der Waals surface area contributed by atoms with Gasteiger partial charge in [0.15, 0.2) is 5.82 Å². The van der Waals surface area contributed by atoms with Crippen LogP contribution < -0.4 is 4.74 Å². The molecule has 118 valence electrons. The second-order valence-corrected chi connectivity index (χ2v) is 5.28. The second kappa shape index (κ2) is 6.47. The molecule has 1 heterocycles. The summed E-state index contributed by atoms with van der Waals surface area (Å²) in [5.41, 5.74) is 1.46. The molecular weight excluding hydrogens is 349 g/mol. The van der Waals surface area contributed by atoms with Crippen LogP contribution in [0.1, 0.15) is 5.56 Å². The van der Waals surface area contributed by atoms with E-state index in [0.29, 0.717) is 5.82 Å². The van der Waals surface area contributed by atoms with Gasteiger partial charge in [-0.1, -0.05) is 41.4 Å². The zero-order valence-electron chi connectivity index (χ0n) is 11.4. The largest absolute Gasteiger partial charge is 0.487 e. The first-order chi connectivity index (χ1) is 11.1. The standard InChI is InChI=1S/C14H8Cl2F2N4O/c15-11-9(17)5-10(12(16)13(11)18)23-6-7-2-1-3-8(4-7)14-19-21-22-20-14/h1-5H,6H2,(H,19,20,21,22). The topological polar surface area (TPSA) is 63.7 Å². The van der Waals surface area contributed by atoms with Crippen molar-refractivity contribution < 1.29 is 13.5 Å². The van der Waals surface area contributed by atoms with E-state index in [-0.39, 0.29) is 17.4 Å².